The highest BCUT2D eigenvalue weighted by atomic mass is 35.5. The summed E-state index contributed by atoms with van der Waals surface area (Å²) in [6.45, 7) is 4.23. The molecule has 0 saturated carbocycles. The van der Waals surface area contributed by atoms with Gasteiger partial charge in [-0.15, -0.1) is 11.6 Å². The number of hydroxylamine groups is 2. The molecule has 32 heavy (non-hydrogen) atoms. The molecular weight excluding hydrogens is 437 g/mol. The first-order chi connectivity index (χ1) is 15.4. The van der Waals surface area contributed by atoms with Gasteiger partial charge in [0, 0.05) is 23.7 Å². The minimum absolute atomic E-state index is 0.0536. The third kappa shape index (κ3) is 4.94. The van der Waals surface area contributed by atoms with Crippen LogP contribution in [0.3, 0.4) is 0 Å². The normalized spacial score (nSPS) is 14.8. The maximum Gasteiger partial charge on any atom is 0.296 e. The summed E-state index contributed by atoms with van der Waals surface area (Å²) in [7, 11) is 0. The van der Waals surface area contributed by atoms with Crippen LogP contribution in [0, 0.1) is 5.82 Å². The summed E-state index contributed by atoms with van der Waals surface area (Å²) in [6.07, 6.45) is 4.11. The van der Waals surface area contributed by atoms with Crippen LogP contribution >= 0.6 is 11.6 Å². The van der Waals surface area contributed by atoms with E-state index in [4.69, 9.17) is 21.1 Å². The van der Waals surface area contributed by atoms with Crippen molar-refractivity contribution >= 4 is 28.4 Å². The lowest BCUT2D eigenvalue weighted by Crippen LogP contribution is -2.35. The number of ether oxygens (including phenoxy) is 2. The number of hydrogen-bond acceptors (Lipinski definition) is 5. The van der Waals surface area contributed by atoms with Gasteiger partial charge < -0.3 is 14.0 Å². The smallest absolute Gasteiger partial charge is 0.296 e. The Kier molecular flexibility index (Phi) is 7.05. The number of benzene rings is 1. The molecule has 1 amide bonds. The van der Waals surface area contributed by atoms with Gasteiger partial charge in [-0.3, -0.25) is 10.0 Å². The Bertz CT molecular complexity index is 1100. The lowest BCUT2D eigenvalue weighted by atomic mass is 9.99. The molecule has 0 aliphatic carbocycles. The van der Waals surface area contributed by atoms with Gasteiger partial charge in [-0.1, -0.05) is 12.1 Å². The van der Waals surface area contributed by atoms with Gasteiger partial charge in [0.25, 0.3) is 5.91 Å². The number of nitrogens with zero attached hydrogens (tertiary/aromatic N) is 3. The summed E-state index contributed by atoms with van der Waals surface area (Å²) < 4.78 is 26.6. The van der Waals surface area contributed by atoms with E-state index in [1.165, 1.54) is 12.1 Å². The van der Waals surface area contributed by atoms with Crippen molar-refractivity contribution in [2.24, 2.45) is 0 Å². The highest BCUT2D eigenvalue weighted by Gasteiger charge is 2.28. The second-order valence-corrected chi connectivity index (χ2v) is 8.59. The molecule has 1 aromatic carbocycles. The summed E-state index contributed by atoms with van der Waals surface area (Å²) in [4.78, 5) is 16.7. The molecule has 1 aliphatic heterocycles. The summed E-state index contributed by atoms with van der Waals surface area (Å²) in [6, 6.07) is 6.35. The molecular formula is C23H25ClFN3O4. The van der Waals surface area contributed by atoms with E-state index in [1.807, 2.05) is 17.7 Å². The lowest BCUT2D eigenvalue weighted by molar-refractivity contribution is -0.0606. The highest BCUT2D eigenvalue weighted by Crippen LogP contribution is 2.31. The Morgan fingerprint density at radius 3 is 2.75 bits per heavy atom. The molecule has 0 fully saturated rings. The zero-order valence-electron chi connectivity index (χ0n) is 17.8. The summed E-state index contributed by atoms with van der Waals surface area (Å²) in [5.41, 5.74) is 3.78. The monoisotopic (exact) mass is 461 g/mol. The molecule has 1 N–H and O–H groups in total. The molecule has 0 bridgehead atoms. The molecule has 9 heteroatoms. The molecule has 3 aromatic rings. The van der Waals surface area contributed by atoms with Crippen molar-refractivity contribution in [3.63, 3.8) is 0 Å². The molecule has 7 nitrogen and oxygen atoms in total. The van der Waals surface area contributed by atoms with Crippen LogP contribution in [0.1, 0.15) is 34.1 Å². The Balaban J connectivity index is 1.62. The van der Waals surface area contributed by atoms with Gasteiger partial charge in [0.05, 0.1) is 50.1 Å². The van der Waals surface area contributed by atoms with Gasteiger partial charge >= 0.3 is 0 Å². The second-order valence-electron chi connectivity index (χ2n) is 7.84. The Labute approximate surface area is 190 Å². The van der Waals surface area contributed by atoms with E-state index in [-0.39, 0.29) is 23.4 Å². The number of carbonyl (C=O) groups excluding carboxylic acids is 1. The van der Waals surface area contributed by atoms with Gasteiger partial charge in [0.2, 0.25) is 0 Å². The molecule has 3 heterocycles. The average molecular weight is 462 g/mol. The average Bonchev–Trinajstić information content (AvgIpc) is 3.12. The van der Waals surface area contributed by atoms with Gasteiger partial charge in [-0.25, -0.2) is 14.4 Å². The predicted molar refractivity (Wildman–Crippen MR) is 118 cm³/mol. The Hall–Kier alpha value is -2.52. The Morgan fingerprint density at radius 2 is 2.00 bits per heavy atom. The number of amides is 1. The SMILES string of the molecule is CC(Cl)COCCOCc1cn(Cc2ccc(F)cc2)c2cnc3c(c12)CCN(O)C3=O. The van der Waals surface area contributed by atoms with Crippen LogP contribution in [-0.2, 0) is 29.0 Å². The molecule has 1 unspecified atom stereocenters. The van der Waals surface area contributed by atoms with Gasteiger partial charge in [0.15, 0.2) is 0 Å². The second kappa shape index (κ2) is 9.95. The largest absolute Gasteiger partial charge is 0.378 e. The lowest BCUT2D eigenvalue weighted by Gasteiger charge is -2.23. The highest BCUT2D eigenvalue weighted by molar-refractivity contribution is 6.20. The van der Waals surface area contributed by atoms with E-state index in [0.29, 0.717) is 44.5 Å². The zero-order valence-corrected chi connectivity index (χ0v) is 18.5. The molecule has 1 aliphatic rings. The van der Waals surface area contributed by atoms with Crippen molar-refractivity contribution < 1.29 is 23.9 Å². The van der Waals surface area contributed by atoms with E-state index >= 15 is 0 Å². The van der Waals surface area contributed by atoms with Gasteiger partial charge in [-0.2, -0.15) is 0 Å². The number of halogens is 2. The standard InChI is InChI=1S/C23H25ClFN3O4/c1-15(24)13-31-8-9-32-14-17-12-27(11-16-2-4-18(25)5-3-16)20-10-26-22-19(21(17)20)6-7-28(30)23(22)29/h2-5,10,12,15,30H,6-9,11,13-14H2,1H3. The van der Waals surface area contributed by atoms with Crippen LogP contribution in [0.25, 0.3) is 10.9 Å². The van der Waals surface area contributed by atoms with E-state index in [9.17, 15) is 14.4 Å². The van der Waals surface area contributed by atoms with E-state index in [1.54, 1.807) is 18.3 Å². The number of alkyl halides is 1. The molecule has 0 spiro atoms. The molecule has 170 valence electrons. The topological polar surface area (TPSA) is 76.8 Å². The molecule has 4 rings (SSSR count). The maximum absolute atomic E-state index is 13.3. The van der Waals surface area contributed by atoms with E-state index < -0.39 is 5.91 Å². The number of aromatic nitrogens is 2. The molecule has 0 saturated heterocycles. The van der Waals surface area contributed by atoms with Crippen molar-refractivity contribution in [2.75, 3.05) is 26.4 Å². The first-order valence-electron chi connectivity index (χ1n) is 10.5. The van der Waals surface area contributed by atoms with Crippen molar-refractivity contribution in [2.45, 2.75) is 31.9 Å². The third-order valence-corrected chi connectivity index (χ3v) is 5.48. The van der Waals surface area contributed by atoms with Crippen molar-refractivity contribution in [1.29, 1.82) is 0 Å². The van der Waals surface area contributed by atoms with Gasteiger partial charge in [-0.05, 0) is 36.6 Å². The minimum Gasteiger partial charge on any atom is -0.378 e. The van der Waals surface area contributed by atoms with Crippen LogP contribution in [0.5, 0.6) is 0 Å². The number of hydrogen-bond donors (Lipinski definition) is 1. The van der Waals surface area contributed by atoms with Crippen LogP contribution in [-0.4, -0.2) is 57.5 Å². The summed E-state index contributed by atoms with van der Waals surface area (Å²) in [5.74, 6) is -0.788. The first kappa shape index (κ1) is 22.7. The fourth-order valence-electron chi connectivity index (χ4n) is 3.88. The maximum atomic E-state index is 13.3. The first-order valence-corrected chi connectivity index (χ1v) is 10.9. The number of rotatable bonds is 9. The summed E-state index contributed by atoms with van der Waals surface area (Å²) >= 11 is 5.88. The molecule has 2 aromatic heterocycles. The predicted octanol–water partition coefficient (Wildman–Crippen LogP) is 3.77. The number of fused-ring (bicyclic) bond motifs is 3. The van der Waals surface area contributed by atoms with E-state index in [2.05, 4.69) is 4.98 Å². The number of pyridine rings is 1. The van der Waals surface area contributed by atoms with Crippen molar-refractivity contribution in [3.8, 4) is 0 Å². The van der Waals surface area contributed by atoms with E-state index in [0.717, 1.165) is 27.6 Å². The van der Waals surface area contributed by atoms with Gasteiger partial charge in [0.1, 0.15) is 11.5 Å². The van der Waals surface area contributed by atoms with Crippen LogP contribution in [0.4, 0.5) is 4.39 Å². The minimum atomic E-state index is -0.505. The zero-order chi connectivity index (χ0) is 22.7. The van der Waals surface area contributed by atoms with Crippen molar-refractivity contribution in [1.82, 2.24) is 14.6 Å². The van der Waals surface area contributed by atoms with Crippen LogP contribution in [0.15, 0.2) is 36.7 Å². The summed E-state index contributed by atoms with van der Waals surface area (Å²) in [5, 5.41) is 11.4. The fraction of sp³-hybridized carbons (Fsp3) is 0.391. The Morgan fingerprint density at radius 1 is 1.25 bits per heavy atom. The third-order valence-electron chi connectivity index (χ3n) is 5.36. The molecule has 0 radical (unpaired) electrons. The number of carbonyl (C=O) groups is 1. The fourth-order valence-corrected chi connectivity index (χ4v) is 3.97. The van der Waals surface area contributed by atoms with Crippen LogP contribution < -0.4 is 0 Å². The van der Waals surface area contributed by atoms with Crippen LogP contribution in [0.2, 0.25) is 0 Å². The van der Waals surface area contributed by atoms with Crippen molar-refractivity contribution in [3.05, 3.63) is 64.9 Å². The molecule has 1 atom stereocenters. The quantitative estimate of drug-likeness (QED) is 0.298.